The topological polar surface area (TPSA) is 44.6 Å². The highest BCUT2D eigenvalue weighted by atomic mass is 16.3. The molecule has 1 aliphatic heterocycles. The van der Waals surface area contributed by atoms with Crippen molar-refractivity contribution >= 4 is 5.84 Å². The molecule has 0 aromatic rings. The lowest BCUT2D eigenvalue weighted by Crippen LogP contribution is -2.43. The van der Waals surface area contributed by atoms with E-state index in [0.717, 1.165) is 25.3 Å². The van der Waals surface area contributed by atoms with Crippen LogP contribution < -0.4 is 5.32 Å². The number of amidine groups is 1. The molecule has 2 atom stereocenters. The highest BCUT2D eigenvalue weighted by Gasteiger charge is 2.36. The lowest BCUT2D eigenvalue weighted by atomic mass is 9.78. The summed E-state index contributed by atoms with van der Waals surface area (Å²) < 4.78 is 0. The van der Waals surface area contributed by atoms with Crippen molar-refractivity contribution in [3.8, 4) is 0 Å². The van der Waals surface area contributed by atoms with E-state index in [1.807, 2.05) is 6.92 Å². The lowest BCUT2D eigenvalue weighted by molar-refractivity contribution is 0.0903. The van der Waals surface area contributed by atoms with Crippen LogP contribution in [0.15, 0.2) is 4.99 Å². The summed E-state index contributed by atoms with van der Waals surface area (Å²) >= 11 is 0. The molecule has 0 amide bonds. The van der Waals surface area contributed by atoms with Gasteiger partial charge in [0.05, 0.1) is 18.1 Å². The van der Waals surface area contributed by atoms with Crippen LogP contribution in [0.2, 0.25) is 0 Å². The predicted octanol–water partition coefficient (Wildman–Crippen LogP) is 6.25. The molecule has 2 N–H and O–H groups in total. The highest BCUT2D eigenvalue weighted by Crippen LogP contribution is 2.31. The second-order valence-electron chi connectivity index (χ2n) is 8.60. The summed E-state index contributed by atoms with van der Waals surface area (Å²) in [6, 6.07) is 0. The van der Waals surface area contributed by atoms with E-state index < -0.39 is 0 Å². The van der Waals surface area contributed by atoms with Crippen molar-refractivity contribution in [1.82, 2.24) is 5.32 Å². The fraction of sp³-hybridized carbons (Fsp3) is 0.957. The van der Waals surface area contributed by atoms with Gasteiger partial charge in [-0.05, 0) is 13.3 Å². The fourth-order valence-electron chi connectivity index (χ4n) is 3.99. The zero-order valence-electron chi connectivity index (χ0n) is 18.0. The highest BCUT2D eigenvalue weighted by molar-refractivity contribution is 5.89. The van der Waals surface area contributed by atoms with E-state index in [1.54, 1.807) is 0 Å². The maximum Gasteiger partial charge on any atom is 0.105 e. The summed E-state index contributed by atoms with van der Waals surface area (Å²) in [5.74, 6) is 1.03. The molecule has 0 bridgehead atoms. The number of nitrogens with zero attached hydrogens (tertiary/aromatic N) is 1. The molecule has 0 fully saturated rings. The Balaban J connectivity index is 1.94. The minimum absolute atomic E-state index is 0.187. The molecular weight excluding hydrogens is 320 g/mol. The Bertz CT molecular complexity index is 367. The molecule has 0 saturated heterocycles. The maximum atomic E-state index is 10.2. The third-order valence-corrected chi connectivity index (χ3v) is 6.19. The molecule has 0 radical (unpaired) electrons. The Morgan fingerprint density at radius 1 is 0.885 bits per heavy atom. The van der Waals surface area contributed by atoms with Crippen LogP contribution in [0.25, 0.3) is 0 Å². The number of rotatable bonds is 17. The summed E-state index contributed by atoms with van der Waals surface area (Å²) in [5, 5.41) is 13.6. The van der Waals surface area contributed by atoms with Gasteiger partial charge in [-0.3, -0.25) is 4.99 Å². The first-order valence-electron chi connectivity index (χ1n) is 11.6. The number of nitrogens with one attached hydrogen (secondary N) is 1. The van der Waals surface area contributed by atoms with Gasteiger partial charge in [0, 0.05) is 6.54 Å². The van der Waals surface area contributed by atoms with Crippen molar-refractivity contribution in [3.05, 3.63) is 0 Å². The molecule has 0 aliphatic carbocycles. The molecule has 1 aliphatic rings. The number of aliphatic imine (C=N–C) groups is 1. The van der Waals surface area contributed by atoms with Crippen LogP contribution in [0.1, 0.15) is 117 Å². The average molecular weight is 367 g/mol. The van der Waals surface area contributed by atoms with Crippen LogP contribution in [0, 0.1) is 5.41 Å². The first-order chi connectivity index (χ1) is 12.6. The van der Waals surface area contributed by atoms with Crippen LogP contribution >= 0.6 is 0 Å². The zero-order chi connectivity index (χ0) is 19.1. The Hall–Kier alpha value is -0.570. The standard InChI is InChI=1S/C23H46N2O/c1-4-5-6-7-8-9-10-11-12-13-14-15-16-17-18-23(3,21(2)26)22-24-19-20-25-22/h21,26H,4-20H2,1-3H3,(H,24,25). The SMILES string of the molecule is CCCCCCCCCCCCCCCCC(C)(C1=NCCN1)C(C)O. The van der Waals surface area contributed by atoms with Gasteiger partial charge in [0.15, 0.2) is 0 Å². The van der Waals surface area contributed by atoms with E-state index >= 15 is 0 Å². The minimum Gasteiger partial charge on any atom is -0.392 e. The van der Waals surface area contributed by atoms with Gasteiger partial charge in [0.1, 0.15) is 5.84 Å². The van der Waals surface area contributed by atoms with Crippen LogP contribution in [0.5, 0.6) is 0 Å². The summed E-state index contributed by atoms with van der Waals surface area (Å²) in [4.78, 5) is 4.56. The third-order valence-electron chi connectivity index (χ3n) is 6.19. The molecule has 0 aromatic heterocycles. The van der Waals surface area contributed by atoms with Gasteiger partial charge in [-0.15, -0.1) is 0 Å². The van der Waals surface area contributed by atoms with Crippen molar-refractivity contribution in [2.24, 2.45) is 10.4 Å². The number of aliphatic hydroxyl groups excluding tert-OH is 1. The van der Waals surface area contributed by atoms with Crippen LogP contribution in [-0.2, 0) is 0 Å². The summed E-state index contributed by atoms with van der Waals surface area (Å²) in [5.41, 5.74) is -0.187. The second kappa shape index (κ2) is 14.5. The number of aliphatic hydroxyl groups is 1. The lowest BCUT2D eigenvalue weighted by Gasteiger charge is -2.33. The second-order valence-corrected chi connectivity index (χ2v) is 8.60. The Morgan fingerprint density at radius 2 is 1.35 bits per heavy atom. The molecule has 26 heavy (non-hydrogen) atoms. The first kappa shape index (κ1) is 23.5. The van der Waals surface area contributed by atoms with Gasteiger partial charge >= 0.3 is 0 Å². The van der Waals surface area contributed by atoms with Crippen molar-refractivity contribution in [2.45, 2.75) is 123 Å². The molecule has 0 spiro atoms. The van der Waals surface area contributed by atoms with Gasteiger partial charge in [-0.1, -0.05) is 104 Å². The summed E-state index contributed by atoms with van der Waals surface area (Å²) in [7, 11) is 0. The monoisotopic (exact) mass is 366 g/mol. The van der Waals surface area contributed by atoms with Crippen molar-refractivity contribution < 1.29 is 5.11 Å². The van der Waals surface area contributed by atoms with E-state index in [9.17, 15) is 5.11 Å². The molecule has 2 unspecified atom stereocenters. The molecular formula is C23H46N2O. The largest absolute Gasteiger partial charge is 0.392 e. The number of unbranched alkanes of at least 4 members (excludes halogenated alkanes) is 13. The third kappa shape index (κ3) is 9.39. The van der Waals surface area contributed by atoms with E-state index in [-0.39, 0.29) is 11.5 Å². The number of hydrogen-bond donors (Lipinski definition) is 2. The summed E-state index contributed by atoms with van der Waals surface area (Å²) in [6.45, 7) is 8.14. The molecule has 3 heteroatoms. The smallest absolute Gasteiger partial charge is 0.105 e. The van der Waals surface area contributed by atoms with Gasteiger partial charge in [-0.25, -0.2) is 0 Å². The Labute approximate surface area is 163 Å². The molecule has 0 aromatic carbocycles. The van der Waals surface area contributed by atoms with Gasteiger partial charge in [-0.2, -0.15) is 0 Å². The normalized spacial score (nSPS) is 17.6. The van der Waals surface area contributed by atoms with Gasteiger partial charge < -0.3 is 10.4 Å². The van der Waals surface area contributed by atoms with E-state index in [2.05, 4.69) is 24.2 Å². The van der Waals surface area contributed by atoms with Gasteiger partial charge in [0.2, 0.25) is 0 Å². The van der Waals surface area contributed by atoms with E-state index in [4.69, 9.17) is 0 Å². The number of hydrogen-bond acceptors (Lipinski definition) is 3. The first-order valence-corrected chi connectivity index (χ1v) is 11.6. The van der Waals surface area contributed by atoms with Crippen molar-refractivity contribution in [1.29, 1.82) is 0 Å². The Morgan fingerprint density at radius 3 is 1.73 bits per heavy atom. The van der Waals surface area contributed by atoms with E-state index in [1.165, 1.54) is 89.9 Å². The maximum absolute atomic E-state index is 10.2. The zero-order valence-corrected chi connectivity index (χ0v) is 18.0. The minimum atomic E-state index is -0.339. The predicted molar refractivity (Wildman–Crippen MR) is 115 cm³/mol. The molecule has 3 nitrogen and oxygen atoms in total. The van der Waals surface area contributed by atoms with Crippen molar-refractivity contribution in [3.63, 3.8) is 0 Å². The average Bonchev–Trinajstić information content (AvgIpc) is 3.17. The van der Waals surface area contributed by atoms with E-state index in [0.29, 0.717) is 0 Å². The fourth-order valence-corrected chi connectivity index (χ4v) is 3.99. The van der Waals surface area contributed by atoms with Gasteiger partial charge in [0.25, 0.3) is 0 Å². The molecule has 0 saturated carbocycles. The van der Waals surface area contributed by atoms with Crippen LogP contribution in [0.3, 0.4) is 0 Å². The molecule has 1 heterocycles. The molecule has 154 valence electrons. The quantitative estimate of drug-likeness (QED) is 0.299. The van der Waals surface area contributed by atoms with Crippen LogP contribution in [0.4, 0.5) is 0 Å². The Kier molecular flexibility index (Phi) is 13.1. The van der Waals surface area contributed by atoms with Crippen molar-refractivity contribution in [2.75, 3.05) is 13.1 Å². The summed E-state index contributed by atoms with van der Waals surface area (Å²) in [6.07, 6.45) is 20.1. The van der Waals surface area contributed by atoms with Crippen LogP contribution in [-0.4, -0.2) is 30.1 Å². The molecule has 1 rings (SSSR count).